The van der Waals surface area contributed by atoms with E-state index in [1.165, 1.54) is 12.8 Å². The van der Waals surface area contributed by atoms with Crippen LogP contribution in [0.15, 0.2) is 12.2 Å². The van der Waals surface area contributed by atoms with E-state index in [2.05, 4.69) is 23.8 Å². The molecule has 0 spiro atoms. The Morgan fingerprint density at radius 1 is 0.639 bits per heavy atom. The van der Waals surface area contributed by atoms with Gasteiger partial charge in [0.25, 0.3) is 0 Å². The molecular weight excluding hydrogens is 464 g/mol. The number of ether oxygens (including phenoxy) is 5. The van der Waals surface area contributed by atoms with Gasteiger partial charge in [-0.25, -0.2) is 9.59 Å². The van der Waals surface area contributed by atoms with Crippen LogP contribution < -0.4 is 0 Å². The van der Waals surface area contributed by atoms with Crippen molar-refractivity contribution in [1.82, 2.24) is 0 Å². The van der Waals surface area contributed by atoms with Gasteiger partial charge in [0, 0.05) is 12.8 Å². The van der Waals surface area contributed by atoms with Crippen molar-refractivity contribution in [2.24, 2.45) is 0 Å². The summed E-state index contributed by atoms with van der Waals surface area (Å²) < 4.78 is 25.1. The van der Waals surface area contributed by atoms with Crippen molar-refractivity contribution >= 4 is 18.3 Å². The third-order valence-corrected chi connectivity index (χ3v) is 5.51. The molecule has 0 aromatic rings. The van der Waals surface area contributed by atoms with Gasteiger partial charge in [0.05, 0.1) is 26.4 Å². The summed E-state index contributed by atoms with van der Waals surface area (Å²) in [5.41, 5.74) is 0. The van der Waals surface area contributed by atoms with Crippen LogP contribution in [0, 0.1) is 0 Å². The van der Waals surface area contributed by atoms with Crippen LogP contribution in [-0.4, -0.2) is 50.8 Å². The summed E-state index contributed by atoms with van der Waals surface area (Å²) in [6, 6.07) is 0. The summed E-state index contributed by atoms with van der Waals surface area (Å²) in [6.07, 6.45) is 17.1. The van der Waals surface area contributed by atoms with E-state index in [9.17, 15) is 14.4 Å². The van der Waals surface area contributed by atoms with Gasteiger partial charge in [-0.2, -0.15) is 0 Å². The lowest BCUT2D eigenvalue weighted by Gasteiger charge is -2.15. The Balaban J connectivity index is 3.71. The van der Waals surface area contributed by atoms with E-state index in [0.29, 0.717) is 39.1 Å². The maximum atomic E-state index is 11.8. The Morgan fingerprint density at radius 2 is 1.28 bits per heavy atom. The smallest absolute Gasteiger partial charge is 0.466 e. The molecule has 0 radical (unpaired) electrons. The molecule has 8 nitrogen and oxygen atoms in total. The molecule has 0 heterocycles. The molecular formula is C28H50O8. The number of hydrogen-bond donors (Lipinski definition) is 0. The minimum absolute atomic E-state index is 0.116. The first kappa shape index (κ1) is 33.8. The Hall–Kier alpha value is -2.25. The summed E-state index contributed by atoms with van der Waals surface area (Å²) in [4.78, 5) is 34.4. The number of hydrogen-bond acceptors (Lipinski definition) is 8. The van der Waals surface area contributed by atoms with Crippen LogP contribution in [0.4, 0.5) is 9.59 Å². The monoisotopic (exact) mass is 514 g/mol. The molecule has 0 N–H and O–H groups in total. The van der Waals surface area contributed by atoms with Crippen LogP contribution in [0.1, 0.15) is 117 Å². The van der Waals surface area contributed by atoms with E-state index in [0.717, 1.165) is 64.2 Å². The topological polar surface area (TPSA) is 97.4 Å². The number of carbonyl (C=O) groups is 3. The lowest BCUT2D eigenvalue weighted by atomic mass is 10.1. The van der Waals surface area contributed by atoms with Gasteiger partial charge in [-0.1, -0.05) is 57.6 Å². The maximum Gasteiger partial charge on any atom is 0.508 e. The molecule has 0 aromatic carbocycles. The highest BCUT2D eigenvalue weighted by Gasteiger charge is 2.13. The standard InChI is InChI=1S/C28H50O8/c1-4-7-8-15-20-25(36-28(31)33-6-3)21-16-13-11-9-10-12-14-17-22-26(29)34-23-18-19-24-35-27(30)32-5-2/h13,16,25H,4-12,14-15,17-24H2,1-3H3. The van der Waals surface area contributed by atoms with Gasteiger partial charge >= 0.3 is 18.3 Å². The van der Waals surface area contributed by atoms with Crippen molar-refractivity contribution in [3.63, 3.8) is 0 Å². The van der Waals surface area contributed by atoms with Crippen molar-refractivity contribution in [1.29, 1.82) is 0 Å². The number of rotatable bonds is 23. The zero-order valence-electron chi connectivity index (χ0n) is 22.9. The van der Waals surface area contributed by atoms with E-state index >= 15 is 0 Å². The molecule has 1 unspecified atom stereocenters. The zero-order chi connectivity index (χ0) is 26.7. The highest BCUT2D eigenvalue weighted by atomic mass is 16.7. The molecule has 0 amide bonds. The largest absolute Gasteiger partial charge is 0.508 e. The van der Waals surface area contributed by atoms with Crippen LogP contribution in [0.25, 0.3) is 0 Å². The highest BCUT2D eigenvalue weighted by molar-refractivity contribution is 5.69. The Bertz CT molecular complexity index is 576. The first-order chi connectivity index (χ1) is 17.5. The third kappa shape index (κ3) is 23.5. The first-order valence-corrected chi connectivity index (χ1v) is 14.0. The predicted octanol–water partition coefficient (Wildman–Crippen LogP) is 7.67. The molecule has 0 saturated heterocycles. The predicted molar refractivity (Wildman–Crippen MR) is 140 cm³/mol. The van der Waals surface area contributed by atoms with E-state index in [1.54, 1.807) is 13.8 Å². The Morgan fingerprint density at radius 3 is 2.00 bits per heavy atom. The fraction of sp³-hybridized carbons (Fsp3) is 0.821. The third-order valence-electron chi connectivity index (χ3n) is 5.51. The average Bonchev–Trinajstić information content (AvgIpc) is 2.85. The molecule has 8 heteroatoms. The number of esters is 1. The van der Waals surface area contributed by atoms with Gasteiger partial charge in [0.1, 0.15) is 6.10 Å². The molecule has 36 heavy (non-hydrogen) atoms. The summed E-state index contributed by atoms with van der Waals surface area (Å²) in [6.45, 7) is 6.92. The van der Waals surface area contributed by atoms with E-state index in [-0.39, 0.29) is 18.7 Å². The minimum atomic E-state index is -0.659. The summed E-state index contributed by atoms with van der Waals surface area (Å²) in [5.74, 6) is -0.168. The quantitative estimate of drug-likeness (QED) is 0.0593. The molecule has 0 bridgehead atoms. The van der Waals surface area contributed by atoms with Crippen LogP contribution in [0.2, 0.25) is 0 Å². The second-order valence-corrected chi connectivity index (χ2v) is 8.74. The van der Waals surface area contributed by atoms with Gasteiger partial charge < -0.3 is 23.7 Å². The fourth-order valence-electron chi connectivity index (χ4n) is 3.52. The average molecular weight is 515 g/mol. The SMILES string of the molecule is CCCCCCC(CC=CCCCCCCCC(=O)OCCCCOC(=O)OCC)OC(=O)OCC. The van der Waals surface area contributed by atoms with Gasteiger partial charge in [-0.15, -0.1) is 0 Å². The van der Waals surface area contributed by atoms with Crippen molar-refractivity contribution < 1.29 is 38.1 Å². The molecule has 0 aliphatic heterocycles. The van der Waals surface area contributed by atoms with Gasteiger partial charge in [0.2, 0.25) is 0 Å². The van der Waals surface area contributed by atoms with Crippen LogP contribution in [-0.2, 0) is 28.5 Å². The molecule has 210 valence electrons. The molecule has 0 saturated carbocycles. The van der Waals surface area contributed by atoms with E-state index < -0.39 is 12.3 Å². The van der Waals surface area contributed by atoms with E-state index in [1.807, 2.05) is 0 Å². The van der Waals surface area contributed by atoms with Crippen molar-refractivity contribution in [3.05, 3.63) is 12.2 Å². The summed E-state index contributed by atoms with van der Waals surface area (Å²) in [7, 11) is 0. The molecule has 0 aromatic heterocycles. The first-order valence-electron chi connectivity index (χ1n) is 14.0. The second-order valence-electron chi connectivity index (χ2n) is 8.74. The van der Waals surface area contributed by atoms with Crippen LogP contribution >= 0.6 is 0 Å². The number of unbranched alkanes of at least 4 members (excludes halogenated alkanes) is 9. The number of allylic oxidation sites excluding steroid dienone is 1. The molecule has 0 fully saturated rings. The number of carbonyl (C=O) groups excluding carboxylic acids is 3. The molecule has 0 rings (SSSR count). The zero-order valence-corrected chi connectivity index (χ0v) is 22.9. The highest BCUT2D eigenvalue weighted by Crippen LogP contribution is 2.14. The normalized spacial score (nSPS) is 11.8. The maximum absolute atomic E-state index is 11.8. The van der Waals surface area contributed by atoms with E-state index in [4.69, 9.17) is 18.9 Å². The van der Waals surface area contributed by atoms with Gasteiger partial charge in [-0.3, -0.25) is 4.79 Å². The Labute approximate surface area is 218 Å². The van der Waals surface area contributed by atoms with Crippen molar-refractivity contribution in [3.8, 4) is 0 Å². The second kappa shape index (κ2) is 25.8. The van der Waals surface area contributed by atoms with Crippen molar-refractivity contribution in [2.75, 3.05) is 26.4 Å². The van der Waals surface area contributed by atoms with Gasteiger partial charge in [0.15, 0.2) is 0 Å². The lowest BCUT2D eigenvalue weighted by molar-refractivity contribution is -0.144. The lowest BCUT2D eigenvalue weighted by Crippen LogP contribution is -2.18. The van der Waals surface area contributed by atoms with Crippen LogP contribution in [0.3, 0.4) is 0 Å². The molecule has 1 atom stereocenters. The molecule has 0 aliphatic carbocycles. The Kier molecular flexibility index (Phi) is 24.2. The summed E-state index contributed by atoms with van der Waals surface area (Å²) in [5, 5.41) is 0. The van der Waals surface area contributed by atoms with Gasteiger partial charge in [-0.05, 0) is 58.8 Å². The molecule has 0 aliphatic rings. The fourth-order valence-corrected chi connectivity index (χ4v) is 3.52. The van der Waals surface area contributed by atoms with Crippen molar-refractivity contribution in [2.45, 2.75) is 123 Å². The summed E-state index contributed by atoms with van der Waals surface area (Å²) >= 11 is 0. The minimum Gasteiger partial charge on any atom is -0.466 e. The van der Waals surface area contributed by atoms with Crippen LogP contribution in [0.5, 0.6) is 0 Å².